The number of alkyl halides is 3. The molecule has 176 valence electrons. The Morgan fingerprint density at radius 3 is 2.41 bits per heavy atom. The summed E-state index contributed by atoms with van der Waals surface area (Å²) in [4.78, 5) is 25.0. The van der Waals surface area contributed by atoms with Crippen molar-refractivity contribution in [3.63, 3.8) is 0 Å². The molecule has 1 atom stereocenters. The minimum atomic E-state index is -4.69. The van der Waals surface area contributed by atoms with E-state index in [9.17, 15) is 23.1 Å². The molecule has 0 fully saturated rings. The number of carbonyl (C=O) groups excluding carboxylic acids is 1. The Morgan fingerprint density at radius 2 is 1.74 bits per heavy atom. The number of amides is 1. The van der Waals surface area contributed by atoms with Crippen LogP contribution in [0.25, 0.3) is 0 Å². The lowest BCUT2D eigenvalue weighted by molar-refractivity contribution is -0.141. The van der Waals surface area contributed by atoms with Crippen LogP contribution in [0.4, 0.5) is 18.0 Å². The van der Waals surface area contributed by atoms with Gasteiger partial charge in [0.2, 0.25) is 0 Å². The number of nitrogens with zero attached hydrogens (tertiary/aromatic N) is 3. The van der Waals surface area contributed by atoms with Crippen molar-refractivity contribution in [2.45, 2.75) is 38.1 Å². The zero-order valence-electron chi connectivity index (χ0n) is 18.5. The number of alkyl carbamates (subject to hydrolysis) is 1. The van der Waals surface area contributed by atoms with E-state index in [1.807, 2.05) is 0 Å². The van der Waals surface area contributed by atoms with Gasteiger partial charge in [0, 0.05) is 18.0 Å². The highest BCUT2D eigenvalue weighted by atomic mass is 19.4. The van der Waals surface area contributed by atoms with Gasteiger partial charge in [-0.1, -0.05) is 18.2 Å². The number of phenols is 1. The maximum absolute atomic E-state index is 13.5. The zero-order chi connectivity index (χ0) is 24.7. The van der Waals surface area contributed by atoms with Gasteiger partial charge in [0.1, 0.15) is 28.3 Å². The first-order valence-corrected chi connectivity index (χ1v) is 10.3. The highest BCUT2D eigenvalue weighted by molar-refractivity contribution is 6.09. The lowest BCUT2D eigenvalue weighted by Crippen LogP contribution is -2.36. The fourth-order valence-corrected chi connectivity index (χ4v) is 3.80. The first-order valence-electron chi connectivity index (χ1n) is 10.3. The molecule has 1 amide bonds. The van der Waals surface area contributed by atoms with Crippen molar-refractivity contribution < 1.29 is 27.8 Å². The average Bonchev–Trinajstić information content (AvgIpc) is 3.07. The number of rotatable bonds is 2. The summed E-state index contributed by atoms with van der Waals surface area (Å²) in [5.74, 6) is -0.0743. The number of halogens is 3. The highest BCUT2D eigenvalue weighted by Crippen LogP contribution is 2.47. The Labute approximate surface area is 193 Å². The molecule has 0 aliphatic carbocycles. The van der Waals surface area contributed by atoms with Crippen LogP contribution < -0.4 is 5.32 Å². The smallest absolute Gasteiger partial charge is 0.433 e. The Kier molecular flexibility index (Phi) is 5.55. The Balaban J connectivity index is 1.97. The summed E-state index contributed by atoms with van der Waals surface area (Å²) in [6.07, 6.45) is -2.95. The second-order valence-corrected chi connectivity index (χ2v) is 8.68. The topological polar surface area (TPSA) is 96.7 Å². The van der Waals surface area contributed by atoms with Crippen LogP contribution in [-0.4, -0.2) is 32.6 Å². The molecule has 0 radical (unpaired) electrons. The first kappa shape index (κ1) is 23.2. The number of aliphatic imine (C=N–C) groups is 1. The van der Waals surface area contributed by atoms with E-state index in [1.165, 1.54) is 24.4 Å². The lowest BCUT2D eigenvalue weighted by atomic mass is 9.78. The van der Waals surface area contributed by atoms with Gasteiger partial charge in [0.05, 0.1) is 0 Å². The van der Waals surface area contributed by atoms with Crippen molar-refractivity contribution in [3.8, 4) is 5.75 Å². The number of fused-ring (bicyclic) bond motifs is 1. The monoisotopic (exact) mass is 470 g/mol. The number of phenolic OH excluding ortho intramolecular Hbond substituents is 1. The Hall–Kier alpha value is -3.95. The van der Waals surface area contributed by atoms with Gasteiger partial charge >= 0.3 is 12.3 Å². The number of carbonyl (C=O) groups is 1. The molecule has 2 N–H and O–H groups in total. The van der Waals surface area contributed by atoms with Crippen molar-refractivity contribution in [1.29, 1.82) is 0 Å². The van der Waals surface area contributed by atoms with Gasteiger partial charge in [0.15, 0.2) is 5.84 Å². The molecule has 34 heavy (non-hydrogen) atoms. The minimum absolute atomic E-state index is 0.0264. The van der Waals surface area contributed by atoms with Gasteiger partial charge in [0.25, 0.3) is 0 Å². The fourth-order valence-electron chi connectivity index (χ4n) is 3.80. The van der Waals surface area contributed by atoms with Crippen molar-refractivity contribution >= 4 is 11.9 Å². The number of ether oxygens (including phenoxy) is 1. The second-order valence-electron chi connectivity index (χ2n) is 8.68. The predicted octanol–water partition coefficient (Wildman–Crippen LogP) is 4.78. The Bertz CT molecular complexity index is 1280. The summed E-state index contributed by atoms with van der Waals surface area (Å²) < 4.78 is 45.9. The largest absolute Gasteiger partial charge is 0.508 e. The maximum Gasteiger partial charge on any atom is 0.433 e. The standard InChI is InChI=1S/C24H21F3N4O3/c1-22(2,3)34-21(33)30-20-19-17(8-5-10-29-19)23(31-20,14-6-4-7-16(32)12-14)15-9-11-28-18(13-15)24(25,26)27/h4-13,32H,1-3H3,(H,30,31,33). The van der Waals surface area contributed by atoms with Gasteiger partial charge in [-0.05, 0) is 62.2 Å². The third kappa shape index (κ3) is 4.30. The van der Waals surface area contributed by atoms with Gasteiger partial charge in [-0.3, -0.25) is 15.3 Å². The molecule has 1 aliphatic heterocycles. The van der Waals surface area contributed by atoms with Crippen LogP contribution in [-0.2, 0) is 16.5 Å². The molecule has 4 rings (SSSR count). The predicted molar refractivity (Wildman–Crippen MR) is 117 cm³/mol. The van der Waals surface area contributed by atoms with E-state index >= 15 is 0 Å². The molecule has 0 bridgehead atoms. The first-order chi connectivity index (χ1) is 15.9. The average molecular weight is 470 g/mol. The molecule has 0 saturated carbocycles. The molecule has 0 spiro atoms. The number of hydrogen-bond acceptors (Lipinski definition) is 6. The molecule has 3 aromatic rings. The van der Waals surface area contributed by atoms with Crippen molar-refractivity contribution in [2.24, 2.45) is 4.99 Å². The summed E-state index contributed by atoms with van der Waals surface area (Å²) in [6.45, 7) is 5.09. The normalized spacial score (nSPS) is 17.6. The molecule has 10 heteroatoms. The number of amidine groups is 1. The van der Waals surface area contributed by atoms with E-state index in [2.05, 4.69) is 15.3 Å². The highest BCUT2D eigenvalue weighted by Gasteiger charge is 2.46. The van der Waals surface area contributed by atoms with Gasteiger partial charge < -0.3 is 9.84 Å². The van der Waals surface area contributed by atoms with Crippen molar-refractivity contribution in [3.05, 3.63) is 89.0 Å². The van der Waals surface area contributed by atoms with E-state index < -0.39 is 29.1 Å². The van der Waals surface area contributed by atoms with E-state index in [4.69, 9.17) is 9.73 Å². The number of hydrogen-bond donors (Lipinski definition) is 2. The summed E-state index contributed by atoms with van der Waals surface area (Å²) in [5.41, 5.74) is -2.23. The second kappa shape index (κ2) is 8.12. The maximum atomic E-state index is 13.5. The molecule has 3 heterocycles. The third-order valence-corrected chi connectivity index (χ3v) is 5.05. The van der Waals surface area contributed by atoms with Crippen LogP contribution in [0.3, 0.4) is 0 Å². The molecule has 2 aromatic heterocycles. The van der Waals surface area contributed by atoms with E-state index in [0.717, 1.165) is 12.3 Å². The number of aromatic hydroxyl groups is 1. The summed E-state index contributed by atoms with van der Waals surface area (Å²) >= 11 is 0. The van der Waals surface area contributed by atoms with Crippen LogP contribution in [0.5, 0.6) is 5.75 Å². The van der Waals surface area contributed by atoms with Gasteiger partial charge in [-0.2, -0.15) is 13.2 Å². The minimum Gasteiger partial charge on any atom is -0.508 e. The van der Waals surface area contributed by atoms with Crippen LogP contribution in [0.1, 0.15) is 48.8 Å². The van der Waals surface area contributed by atoms with Gasteiger partial charge in [-0.15, -0.1) is 0 Å². The summed E-state index contributed by atoms with van der Waals surface area (Å²) in [7, 11) is 0. The van der Waals surface area contributed by atoms with Crippen LogP contribution in [0.2, 0.25) is 0 Å². The van der Waals surface area contributed by atoms with E-state index in [1.54, 1.807) is 45.0 Å². The number of benzene rings is 1. The summed E-state index contributed by atoms with van der Waals surface area (Å²) in [5, 5.41) is 12.7. The van der Waals surface area contributed by atoms with E-state index in [0.29, 0.717) is 11.1 Å². The molecule has 0 saturated heterocycles. The zero-order valence-corrected chi connectivity index (χ0v) is 18.5. The summed E-state index contributed by atoms with van der Waals surface area (Å²) in [6, 6.07) is 11.6. The van der Waals surface area contributed by atoms with Crippen LogP contribution in [0.15, 0.2) is 65.9 Å². The fraction of sp³-hybridized carbons (Fsp3) is 0.250. The van der Waals surface area contributed by atoms with Crippen molar-refractivity contribution in [1.82, 2.24) is 15.3 Å². The Morgan fingerprint density at radius 1 is 1.00 bits per heavy atom. The number of aromatic nitrogens is 2. The number of pyridine rings is 2. The third-order valence-electron chi connectivity index (χ3n) is 5.05. The lowest BCUT2D eigenvalue weighted by Gasteiger charge is -2.29. The molecule has 7 nitrogen and oxygen atoms in total. The molecule has 1 aliphatic rings. The van der Waals surface area contributed by atoms with Crippen LogP contribution in [0, 0.1) is 0 Å². The van der Waals surface area contributed by atoms with Crippen LogP contribution >= 0.6 is 0 Å². The molecule has 1 aromatic carbocycles. The molecular formula is C24H21F3N4O3. The molecular weight excluding hydrogens is 449 g/mol. The number of nitrogens with one attached hydrogen (secondary N) is 1. The molecule has 1 unspecified atom stereocenters. The van der Waals surface area contributed by atoms with E-state index in [-0.39, 0.29) is 22.8 Å². The quantitative estimate of drug-likeness (QED) is 0.562. The SMILES string of the molecule is CC(C)(C)OC(=O)NC1=NC(c2cccc(O)c2)(c2ccnc(C(F)(F)F)c2)c2cccnc21. The van der Waals surface area contributed by atoms with Gasteiger partial charge in [-0.25, -0.2) is 9.79 Å². The van der Waals surface area contributed by atoms with Crippen molar-refractivity contribution in [2.75, 3.05) is 0 Å².